The fraction of sp³-hybridized carbons (Fsp3) is 0.455. The van der Waals surface area contributed by atoms with Gasteiger partial charge in [-0.1, -0.05) is 12.7 Å². The third-order valence-electron chi connectivity index (χ3n) is 1.58. The smallest absolute Gasteiger partial charge is 0.410 e. The average Bonchev–Trinajstić information content (AvgIpc) is 2.26. The summed E-state index contributed by atoms with van der Waals surface area (Å²) in [6.07, 6.45) is -0.408. The molecule has 0 aromatic heterocycles. The Balaban J connectivity index is 4.22. The zero-order valence-corrected chi connectivity index (χ0v) is 9.77. The predicted molar refractivity (Wildman–Crippen MR) is 61.1 cm³/mol. The SMILES string of the molecule is C=CCNC(=O)OC(CCO)OC(=O)C(=C)C. The van der Waals surface area contributed by atoms with Gasteiger partial charge >= 0.3 is 12.1 Å². The third-order valence-corrected chi connectivity index (χ3v) is 1.58. The number of alkyl carbamates (subject to hydrolysis) is 1. The highest BCUT2D eigenvalue weighted by Gasteiger charge is 2.18. The van der Waals surface area contributed by atoms with E-state index in [1.165, 1.54) is 13.0 Å². The molecule has 2 N–H and O–H groups in total. The maximum Gasteiger partial charge on any atom is 0.410 e. The molecule has 17 heavy (non-hydrogen) atoms. The molecule has 0 heterocycles. The lowest BCUT2D eigenvalue weighted by Gasteiger charge is -2.17. The van der Waals surface area contributed by atoms with Crippen LogP contribution in [0.3, 0.4) is 0 Å². The number of ether oxygens (including phenoxy) is 2. The number of carbonyl (C=O) groups is 2. The van der Waals surface area contributed by atoms with E-state index in [4.69, 9.17) is 14.6 Å². The van der Waals surface area contributed by atoms with E-state index in [1.807, 2.05) is 0 Å². The standard InChI is InChI=1S/C11H17NO5/c1-4-6-12-11(15)17-9(5-7-13)16-10(14)8(2)3/h4,9,13H,1-2,5-7H2,3H3,(H,12,15). The van der Waals surface area contributed by atoms with Crippen molar-refractivity contribution in [2.45, 2.75) is 19.6 Å². The average molecular weight is 243 g/mol. The van der Waals surface area contributed by atoms with Crippen LogP contribution in [0.5, 0.6) is 0 Å². The van der Waals surface area contributed by atoms with Gasteiger partial charge in [0.25, 0.3) is 6.29 Å². The van der Waals surface area contributed by atoms with Crippen molar-refractivity contribution in [3.63, 3.8) is 0 Å². The van der Waals surface area contributed by atoms with Crippen molar-refractivity contribution in [1.82, 2.24) is 5.32 Å². The number of aliphatic hydroxyl groups is 1. The highest BCUT2D eigenvalue weighted by molar-refractivity contribution is 5.87. The van der Waals surface area contributed by atoms with Gasteiger partial charge in [-0.05, 0) is 6.92 Å². The van der Waals surface area contributed by atoms with Crippen LogP contribution in [0.4, 0.5) is 4.79 Å². The summed E-state index contributed by atoms with van der Waals surface area (Å²) in [4.78, 5) is 22.4. The van der Waals surface area contributed by atoms with E-state index in [-0.39, 0.29) is 25.1 Å². The van der Waals surface area contributed by atoms with Gasteiger partial charge in [-0.2, -0.15) is 0 Å². The lowest BCUT2D eigenvalue weighted by molar-refractivity contribution is -0.164. The predicted octanol–water partition coefficient (Wildman–Crippen LogP) is 0.726. The van der Waals surface area contributed by atoms with Gasteiger partial charge in [0, 0.05) is 18.5 Å². The van der Waals surface area contributed by atoms with Gasteiger partial charge in [0.2, 0.25) is 0 Å². The molecule has 0 spiro atoms. The van der Waals surface area contributed by atoms with Gasteiger partial charge in [-0.25, -0.2) is 9.59 Å². The molecule has 0 saturated carbocycles. The molecular formula is C11H17NO5. The van der Waals surface area contributed by atoms with Crippen LogP contribution >= 0.6 is 0 Å². The fourth-order valence-corrected chi connectivity index (χ4v) is 0.784. The van der Waals surface area contributed by atoms with E-state index in [0.29, 0.717) is 0 Å². The van der Waals surface area contributed by atoms with Gasteiger partial charge in [0.1, 0.15) is 0 Å². The summed E-state index contributed by atoms with van der Waals surface area (Å²) in [6.45, 7) is 8.23. The molecule has 6 heteroatoms. The molecule has 0 rings (SSSR count). The molecule has 6 nitrogen and oxygen atoms in total. The van der Waals surface area contributed by atoms with Crippen LogP contribution < -0.4 is 5.32 Å². The van der Waals surface area contributed by atoms with E-state index >= 15 is 0 Å². The Bertz CT molecular complexity index is 300. The molecule has 1 atom stereocenters. The molecule has 0 saturated heterocycles. The second kappa shape index (κ2) is 8.35. The van der Waals surface area contributed by atoms with E-state index in [2.05, 4.69) is 18.5 Å². The minimum absolute atomic E-state index is 0.000525. The molecule has 1 amide bonds. The first kappa shape index (κ1) is 15.2. The molecule has 1 unspecified atom stereocenters. The molecule has 0 aromatic carbocycles. The Morgan fingerprint density at radius 3 is 2.59 bits per heavy atom. The molecule has 0 radical (unpaired) electrons. The Kier molecular flexibility index (Phi) is 7.45. The molecule has 0 aromatic rings. The maximum absolute atomic E-state index is 11.2. The minimum Gasteiger partial charge on any atom is -0.422 e. The lowest BCUT2D eigenvalue weighted by Crippen LogP contribution is -2.32. The molecule has 96 valence electrons. The largest absolute Gasteiger partial charge is 0.422 e. The minimum atomic E-state index is -1.13. The summed E-state index contributed by atoms with van der Waals surface area (Å²) >= 11 is 0. The molecular weight excluding hydrogens is 226 g/mol. The number of rotatable bonds is 7. The monoisotopic (exact) mass is 243 g/mol. The Morgan fingerprint density at radius 2 is 2.12 bits per heavy atom. The number of aliphatic hydroxyl groups excluding tert-OH is 1. The number of amides is 1. The molecule has 0 aliphatic carbocycles. The Hall–Kier alpha value is -1.82. The molecule has 0 aliphatic heterocycles. The van der Waals surface area contributed by atoms with Crippen LogP contribution in [0.2, 0.25) is 0 Å². The first-order valence-corrected chi connectivity index (χ1v) is 5.04. The second-order valence-electron chi connectivity index (χ2n) is 3.20. The third kappa shape index (κ3) is 7.13. The van der Waals surface area contributed by atoms with Crippen molar-refractivity contribution in [2.75, 3.05) is 13.2 Å². The highest BCUT2D eigenvalue weighted by atomic mass is 16.7. The van der Waals surface area contributed by atoms with Crippen LogP contribution in [-0.4, -0.2) is 36.6 Å². The van der Waals surface area contributed by atoms with Gasteiger partial charge < -0.3 is 19.9 Å². The number of hydrogen-bond donors (Lipinski definition) is 2. The van der Waals surface area contributed by atoms with Crippen molar-refractivity contribution in [2.24, 2.45) is 0 Å². The molecule has 0 fully saturated rings. The first-order valence-electron chi connectivity index (χ1n) is 5.04. The maximum atomic E-state index is 11.2. The molecule has 0 aliphatic rings. The van der Waals surface area contributed by atoms with Crippen molar-refractivity contribution in [3.05, 3.63) is 24.8 Å². The Labute approximate surface area is 99.9 Å². The number of carbonyl (C=O) groups excluding carboxylic acids is 2. The summed E-state index contributed by atoms with van der Waals surface area (Å²) in [7, 11) is 0. The van der Waals surface area contributed by atoms with E-state index in [9.17, 15) is 9.59 Å². The second-order valence-corrected chi connectivity index (χ2v) is 3.20. The lowest BCUT2D eigenvalue weighted by atomic mass is 10.3. The van der Waals surface area contributed by atoms with Gasteiger partial charge in [-0.15, -0.1) is 6.58 Å². The van der Waals surface area contributed by atoms with Crippen LogP contribution in [0, 0.1) is 0 Å². The zero-order valence-electron chi connectivity index (χ0n) is 9.77. The number of nitrogens with one attached hydrogen (secondary N) is 1. The van der Waals surface area contributed by atoms with E-state index < -0.39 is 18.4 Å². The summed E-state index contributed by atoms with van der Waals surface area (Å²) in [5.74, 6) is -0.681. The number of esters is 1. The van der Waals surface area contributed by atoms with Crippen molar-refractivity contribution >= 4 is 12.1 Å². The van der Waals surface area contributed by atoms with Gasteiger partial charge in [-0.3, -0.25) is 0 Å². The first-order chi connectivity index (χ1) is 8.01. The summed E-state index contributed by atoms with van der Waals surface area (Å²) in [6, 6.07) is 0. The highest BCUT2D eigenvalue weighted by Crippen LogP contribution is 2.04. The Morgan fingerprint density at radius 1 is 1.47 bits per heavy atom. The fourth-order valence-electron chi connectivity index (χ4n) is 0.784. The number of hydrogen-bond acceptors (Lipinski definition) is 5. The zero-order chi connectivity index (χ0) is 13.3. The van der Waals surface area contributed by atoms with Crippen molar-refractivity contribution < 1.29 is 24.2 Å². The summed E-state index contributed by atoms with van der Waals surface area (Å²) in [5, 5.41) is 11.1. The van der Waals surface area contributed by atoms with Crippen LogP contribution in [-0.2, 0) is 14.3 Å². The van der Waals surface area contributed by atoms with E-state index in [1.54, 1.807) is 0 Å². The van der Waals surface area contributed by atoms with Crippen LogP contribution in [0.1, 0.15) is 13.3 Å². The topological polar surface area (TPSA) is 84.9 Å². The van der Waals surface area contributed by atoms with Gasteiger partial charge in [0.15, 0.2) is 0 Å². The summed E-state index contributed by atoms with van der Waals surface area (Å²) in [5.41, 5.74) is 0.183. The van der Waals surface area contributed by atoms with Crippen LogP contribution in [0.15, 0.2) is 24.8 Å². The normalized spacial score (nSPS) is 11.2. The van der Waals surface area contributed by atoms with Gasteiger partial charge in [0.05, 0.1) is 6.61 Å². The van der Waals surface area contributed by atoms with Crippen LogP contribution in [0.25, 0.3) is 0 Å². The molecule has 0 bridgehead atoms. The van der Waals surface area contributed by atoms with Crippen molar-refractivity contribution in [3.8, 4) is 0 Å². The quantitative estimate of drug-likeness (QED) is 0.298. The van der Waals surface area contributed by atoms with Crippen molar-refractivity contribution in [1.29, 1.82) is 0 Å². The summed E-state index contributed by atoms with van der Waals surface area (Å²) < 4.78 is 9.57. The van der Waals surface area contributed by atoms with E-state index in [0.717, 1.165) is 0 Å².